The minimum Gasteiger partial charge on any atom is -0.369 e. The summed E-state index contributed by atoms with van der Waals surface area (Å²) in [6.07, 6.45) is 0. The number of hydrogen-bond acceptors (Lipinski definition) is 3. The Morgan fingerprint density at radius 3 is 2.56 bits per heavy atom. The first-order valence-corrected chi connectivity index (χ1v) is 5.15. The SMILES string of the molecule is CCn1c(N)nc(-c2ccccc2)cc1=O. The van der Waals surface area contributed by atoms with Crippen molar-refractivity contribution in [1.29, 1.82) is 0 Å². The van der Waals surface area contributed by atoms with Crippen LogP contribution in [0.2, 0.25) is 0 Å². The molecule has 1 aromatic carbocycles. The molecule has 0 bridgehead atoms. The second-order valence-electron chi connectivity index (χ2n) is 3.45. The van der Waals surface area contributed by atoms with Crippen LogP contribution >= 0.6 is 0 Å². The summed E-state index contributed by atoms with van der Waals surface area (Å²) in [6, 6.07) is 11.0. The minimum atomic E-state index is -0.117. The fourth-order valence-corrected chi connectivity index (χ4v) is 1.60. The van der Waals surface area contributed by atoms with Gasteiger partial charge in [0, 0.05) is 18.2 Å². The average molecular weight is 215 g/mol. The monoisotopic (exact) mass is 215 g/mol. The van der Waals surface area contributed by atoms with Crippen LogP contribution in [-0.2, 0) is 6.54 Å². The molecular weight excluding hydrogens is 202 g/mol. The molecule has 0 amide bonds. The topological polar surface area (TPSA) is 60.9 Å². The summed E-state index contributed by atoms with van der Waals surface area (Å²) in [5, 5.41) is 0. The highest BCUT2D eigenvalue weighted by Gasteiger charge is 2.05. The summed E-state index contributed by atoms with van der Waals surface area (Å²) < 4.78 is 1.44. The van der Waals surface area contributed by atoms with Gasteiger partial charge in [0.05, 0.1) is 5.69 Å². The van der Waals surface area contributed by atoms with Crippen LogP contribution in [0.4, 0.5) is 5.95 Å². The van der Waals surface area contributed by atoms with E-state index in [1.807, 2.05) is 37.3 Å². The van der Waals surface area contributed by atoms with Gasteiger partial charge < -0.3 is 5.73 Å². The van der Waals surface area contributed by atoms with Gasteiger partial charge in [0.25, 0.3) is 5.56 Å². The van der Waals surface area contributed by atoms with Crippen molar-refractivity contribution in [3.8, 4) is 11.3 Å². The smallest absolute Gasteiger partial charge is 0.255 e. The summed E-state index contributed by atoms with van der Waals surface area (Å²) in [4.78, 5) is 15.9. The molecule has 0 saturated carbocycles. The van der Waals surface area contributed by atoms with Gasteiger partial charge in [-0.25, -0.2) is 4.98 Å². The van der Waals surface area contributed by atoms with Crippen LogP contribution in [-0.4, -0.2) is 9.55 Å². The van der Waals surface area contributed by atoms with E-state index in [-0.39, 0.29) is 11.5 Å². The van der Waals surface area contributed by atoms with Crippen molar-refractivity contribution < 1.29 is 0 Å². The van der Waals surface area contributed by atoms with Gasteiger partial charge in [-0.1, -0.05) is 30.3 Å². The molecule has 16 heavy (non-hydrogen) atoms. The summed E-state index contributed by atoms with van der Waals surface area (Å²) in [5.74, 6) is 0.258. The van der Waals surface area contributed by atoms with Crippen molar-refractivity contribution in [3.63, 3.8) is 0 Å². The number of anilines is 1. The van der Waals surface area contributed by atoms with Crippen molar-refractivity contribution in [1.82, 2.24) is 9.55 Å². The third-order valence-corrected chi connectivity index (χ3v) is 2.42. The van der Waals surface area contributed by atoms with Crippen LogP contribution in [0.25, 0.3) is 11.3 Å². The number of nitrogens with two attached hydrogens (primary N) is 1. The highest BCUT2D eigenvalue weighted by atomic mass is 16.1. The van der Waals surface area contributed by atoms with Gasteiger partial charge in [-0.05, 0) is 6.92 Å². The Morgan fingerprint density at radius 1 is 1.31 bits per heavy atom. The lowest BCUT2D eigenvalue weighted by Crippen LogP contribution is -2.23. The Kier molecular flexibility index (Phi) is 2.72. The molecule has 0 aliphatic rings. The first-order chi connectivity index (χ1) is 7.72. The first-order valence-electron chi connectivity index (χ1n) is 5.15. The molecule has 0 fully saturated rings. The first kappa shape index (κ1) is 10.4. The van der Waals surface area contributed by atoms with Gasteiger partial charge >= 0.3 is 0 Å². The maximum atomic E-state index is 11.7. The van der Waals surface area contributed by atoms with E-state index in [1.54, 1.807) is 0 Å². The lowest BCUT2D eigenvalue weighted by atomic mass is 10.1. The van der Waals surface area contributed by atoms with Crippen molar-refractivity contribution in [2.45, 2.75) is 13.5 Å². The summed E-state index contributed by atoms with van der Waals surface area (Å²) in [7, 11) is 0. The molecule has 0 atom stereocenters. The molecule has 1 aromatic heterocycles. The molecular formula is C12H13N3O. The summed E-state index contributed by atoms with van der Waals surface area (Å²) >= 11 is 0. The zero-order chi connectivity index (χ0) is 11.5. The fourth-order valence-electron chi connectivity index (χ4n) is 1.60. The van der Waals surface area contributed by atoms with Crippen LogP contribution in [0, 0.1) is 0 Å². The van der Waals surface area contributed by atoms with Gasteiger partial charge in [0.15, 0.2) is 0 Å². The summed E-state index contributed by atoms with van der Waals surface area (Å²) in [5.41, 5.74) is 7.12. The van der Waals surface area contributed by atoms with Crippen molar-refractivity contribution in [3.05, 3.63) is 46.8 Å². The van der Waals surface area contributed by atoms with E-state index >= 15 is 0 Å². The normalized spacial score (nSPS) is 10.3. The van der Waals surface area contributed by atoms with Gasteiger partial charge in [-0.3, -0.25) is 9.36 Å². The third-order valence-electron chi connectivity index (χ3n) is 2.42. The van der Waals surface area contributed by atoms with Gasteiger partial charge in [0.1, 0.15) is 0 Å². The second kappa shape index (κ2) is 4.18. The Hall–Kier alpha value is -2.10. The molecule has 0 radical (unpaired) electrons. The molecule has 1 heterocycles. The van der Waals surface area contributed by atoms with E-state index in [4.69, 9.17) is 5.73 Å². The van der Waals surface area contributed by atoms with Crippen molar-refractivity contribution in [2.75, 3.05) is 5.73 Å². The van der Waals surface area contributed by atoms with Crippen LogP contribution in [0.3, 0.4) is 0 Å². The van der Waals surface area contributed by atoms with E-state index in [0.717, 1.165) is 5.56 Å². The number of hydrogen-bond donors (Lipinski definition) is 1. The number of benzene rings is 1. The quantitative estimate of drug-likeness (QED) is 0.826. The molecule has 0 saturated heterocycles. The fraction of sp³-hybridized carbons (Fsp3) is 0.167. The molecule has 2 N–H and O–H groups in total. The Morgan fingerprint density at radius 2 is 2.00 bits per heavy atom. The third kappa shape index (κ3) is 1.82. The van der Waals surface area contributed by atoms with Crippen LogP contribution in [0.1, 0.15) is 6.92 Å². The minimum absolute atomic E-state index is 0.117. The second-order valence-corrected chi connectivity index (χ2v) is 3.45. The Labute approximate surface area is 93.4 Å². The summed E-state index contributed by atoms with van der Waals surface area (Å²) in [6.45, 7) is 2.40. The van der Waals surface area contributed by atoms with Crippen LogP contribution in [0.5, 0.6) is 0 Å². The lowest BCUT2D eigenvalue weighted by Gasteiger charge is -2.07. The molecule has 4 nitrogen and oxygen atoms in total. The van der Waals surface area contributed by atoms with E-state index in [0.29, 0.717) is 12.2 Å². The molecule has 2 aromatic rings. The van der Waals surface area contributed by atoms with E-state index in [2.05, 4.69) is 4.98 Å². The number of aromatic nitrogens is 2. The zero-order valence-corrected chi connectivity index (χ0v) is 9.05. The maximum absolute atomic E-state index is 11.7. The molecule has 4 heteroatoms. The number of nitrogen functional groups attached to an aromatic ring is 1. The molecule has 82 valence electrons. The number of rotatable bonds is 2. The van der Waals surface area contributed by atoms with Gasteiger partial charge in [-0.2, -0.15) is 0 Å². The molecule has 0 aliphatic heterocycles. The van der Waals surface area contributed by atoms with Crippen molar-refractivity contribution in [2.24, 2.45) is 0 Å². The average Bonchev–Trinajstić information content (AvgIpc) is 2.30. The Bertz CT molecular complexity index is 546. The van der Waals surface area contributed by atoms with E-state index in [1.165, 1.54) is 10.6 Å². The van der Waals surface area contributed by atoms with E-state index < -0.39 is 0 Å². The highest BCUT2D eigenvalue weighted by molar-refractivity contribution is 5.59. The maximum Gasteiger partial charge on any atom is 0.255 e. The van der Waals surface area contributed by atoms with Gasteiger partial charge in [-0.15, -0.1) is 0 Å². The Balaban J connectivity index is 2.57. The van der Waals surface area contributed by atoms with Crippen molar-refractivity contribution >= 4 is 5.95 Å². The van der Waals surface area contributed by atoms with Gasteiger partial charge in [0.2, 0.25) is 5.95 Å². The molecule has 0 unspecified atom stereocenters. The predicted molar refractivity (Wildman–Crippen MR) is 64.0 cm³/mol. The van der Waals surface area contributed by atoms with Crippen LogP contribution < -0.4 is 11.3 Å². The molecule has 0 spiro atoms. The van der Waals surface area contributed by atoms with E-state index in [9.17, 15) is 4.79 Å². The largest absolute Gasteiger partial charge is 0.369 e. The molecule has 2 rings (SSSR count). The zero-order valence-electron chi connectivity index (χ0n) is 9.05. The predicted octanol–water partition coefficient (Wildman–Crippen LogP) is 1.51. The highest BCUT2D eigenvalue weighted by Crippen LogP contribution is 2.15. The standard InChI is InChI=1S/C12H13N3O/c1-2-15-11(16)8-10(14-12(15)13)9-6-4-3-5-7-9/h3-8H,2H2,1H3,(H2,13,14). The van der Waals surface area contributed by atoms with Crippen LogP contribution in [0.15, 0.2) is 41.2 Å². The molecule has 0 aliphatic carbocycles. The lowest BCUT2D eigenvalue weighted by molar-refractivity contribution is 0.723. The number of nitrogens with zero attached hydrogens (tertiary/aromatic N) is 2.